The first-order valence-corrected chi connectivity index (χ1v) is 9.01. The predicted molar refractivity (Wildman–Crippen MR) is 95.1 cm³/mol. The molecule has 1 aliphatic carbocycles. The molecule has 0 bridgehead atoms. The molecule has 8 heteroatoms. The number of amides is 2. The van der Waals surface area contributed by atoms with E-state index in [0.29, 0.717) is 35.3 Å². The molecular weight excluding hydrogens is 340 g/mol. The number of ether oxygens (including phenoxy) is 1. The van der Waals surface area contributed by atoms with E-state index in [-0.39, 0.29) is 11.8 Å². The topological polar surface area (TPSA) is 93.2 Å². The molecule has 1 aromatic heterocycles. The minimum atomic E-state index is -0.304. The summed E-state index contributed by atoms with van der Waals surface area (Å²) < 4.78 is 4.95. The summed E-state index contributed by atoms with van der Waals surface area (Å²) in [7, 11) is 1.62. The van der Waals surface area contributed by atoms with Gasteiger partial charge in [0.05, 0.1) is 0 Å². The maximum Gasteiger partial charge on any atom is 0.286 e. The molecule has 3 rings (SSSR count). The minimum absolute atomic E-state index is 0.181. The number of methoxy groups -OCH3 is 1. The zero-order chi connectivity index (χ0) is 17.6. The van der Waals surface area contributed by atoms with Gasteiger partial charge < -0.3 is 15.4 Å². The van der Waals surface area contributed by atoms with E-state index in [1.807, 2.05) is 0 Å². The Labute approximate surface area is 149 Å². The molecule has 2 N–H and O–H groups in total. The quantitative estimate of drug-likeness (QED) is 0.705. The van der Waals surface area contributed by atoms with Gasteiger partial charge in [-0.3, -0.25) is 9.59 Å². The van der Waals surface area contributed by atoms with Crippen LogP contribution in [-0.2, 0) is 4.74 Å². The number of nitrogens with zero attached hydrogens (tertiary/aromatic N) is 2. The highest BCUT2D eigenvalue weighted by Gasteiger charge is 2.28. The van der Waals surface area contributed by atoms with Gasteiger partial charge in [-0.1, -0.05) is 17.4 Å². The average molecular weight is 360 g/mol. The van der Waals surface area contributed by atoms with Gasteiger partial charge in [0.15, 0.2) is 0 Å². The van der Waals surface area contributed by atoms with Crippen LogP contribution >= 0.6 is 11.3 Å². The summed E-state index contributed by atoms with van der Waals surface area (Å²) in [5.74, 6) is -0.00892. The molecule has 0 radical (unpaired) electrons. The highest BCUT2D eigenvalue weighted by Crippen LogP contribution is 2.41. The van der Waals surface area contributed by atoms with Gasteiger partial charge in [0, 0.05) is 37.4 Å². The fourth-order valence-electron chi connectivity index (χ4n) is 2.26. The SMILES string of the molecule is COCCCNC(=O)c1cccc(NC(=O)c2nnc(C3CC3)s2)c1. The van der Waals surface area contributed by atoms with E-state index >= 15 is 0 Å². The summed E-state index contributed by atoms with van der Waals surface area (Å²) in [5, 5.41) is 14.9. The zero-order valence-corrected chi connectivity index (χ0v) is 14.8. The van der Waals surface area contributed by atoms with Crippen molar-refractivity contribution in [2.45, 2.75) is 25.2 Å². The number of hydrogen-bond acceptors (Lipinski definition) is 6. The third-order valence-corrected chi connectivity index (χ3v) is 4.84. The third-order valence-electron chi connectivity index (χ3n) is 3.75. The lowest BCUT2D eigenvalue weighted by molar-refractivity contribution is 0.0947. The average Bonchev–Trinajstić information content (AvgIpc) is 3.35. The fraction of sp³-hybridized carbons (Fsp3) is 0.412. The standard InChI is InChI=1S/C17H20N4O3S/c1-24-9-3-8-18-14(22)12-4-2-5-13(10-12)19-15(23)17-21-20-16(25-17)11-6-7-11/h2,4-5,10-11H,3,6-9H2,1H3,(H,18,22)(H,19,23). The summed E-state index contributed by atoms with van der Waals surface area (Å²) in [6.07, 6.45) is 2.99. The largest absolute Gasteiger partial charge is 0.385 e. The van der Waals surface area contributed by atoms with E-state index in [2.05, 4.69) is 20.8 Å². The molecule has 2 aromatic rings. The van der Waals surface area contributed by atoms with Crippen molar-refractivity contribution in [3.8, 4) is 0 Å². The van der Waals surface area contributed by atoms with Gasteiger partial charge in [-0.25, -0.2) is 0 Å². The number of nitrogens with one attached hydrogen (secondary N) is 2. The molecule has 0 unspecified atom stereocenters. The molecule has 1 aliphatic rings. The number of aromatic nitrogens is 2. The molecule has 0 aliphatic heterocycles. The Hall–Kier alpha value is -2.32. The highest BCUT2D eigenvalue weighted by atomic mass is 32.1. The number of benzene rings is 1. The Balaban J connectivity index is 1.58. The fourth-order valence-corrected chi connectivity index (χ4v) is 3.17. The molecule has 0 spiro atoms. The first kappa shape index (κ1) is 17.5. The van der Waals surface area contributed by atoms with Gasteiger partial charge in [-0.15, -0.1) is 10.2 Å². The summed E-state index contributed by atoms with van der Waals surface area (Å²) in [6.45, 7) is 1.14. The second-order valence-electron chi connectivity index (χ2n) is 5.86. The summed E-state index contributed by atoms with van der Waals surface area (Å²) >= 11 is 1.33. The molecule has 0 saturated heterocycles. The van der Waals surface area contributed by atoms with Crippen LogP contribution in [0.5, 0.6) is 0 Å². The van der Waals surface area contributed by atoms with Crippen molar-refractivity contribution in [1.82, 2.24) is 15.5 Å². The minimum Gasteiger partial charge on any atom is -0.385 e. The second-order valence-corrected chi connectivity index (χ2v) is 6.87. The Bertz CT molecular complexity index is 758. The Kier molecular flexibility index (Phi) is 5.72. The number of carbonyl (C=O) groups is 2. The lowest BCUT2D eigenvalue weighted by Gasteiger charge is -2.07. The summed E-state index contributed by atoms with van der Waals surface area (Å²) in [5.41, 5.74) is 1.05. The molecule has 1 saturated carbocycles. The predicted octanol–water partition coefficient (Wildman–Crippen LogP) is 2.43. The van der Waals surface area contributed by atoms with Gasteiger partial charge in [0.1, 0.15) is 5.01 Å². The first-order valence-electron chi connectivity index (χ1n) is 8.19. The lowest BCUT2D eigenvalue weighted by atomic mass is 10.2. The van der Waals surface area contributed by atoms with Gasteiger partial charge in [0.2, 0.25) is 5.01 Å². The van der Waals surface area contributed by atoms with Crippen LogP contribution in [0.25, 0.3) is 0 Å². The van der Waals surface area contributed by atoms with Crippen LogP contribution in [0.15, 0.2) is 24.3 Å². The molecule has 7 nitrogen and oxygen atoms in total. The lowest BCUT2D eigenvalue weighted by Crippen LogP contribution is -2.25. The van der Waals surface area contributed by atoms with Crippen LogP contribution in [0.3, 0.4) is 0 Å². The zero-order valence-electron chi connectivity index (χ0n) is 13.9. The monoisotopic (exact) mass is 360 g/mol. The molecule has 0 atom stereocenters. The van der Waals surface area contributed by atoms with Gasteiger partial charge in [0.25, 0.3) is 11.8 Å². The van der Waals surface area contributed by atoms with Crippen molar-refractivity contribution in [2.24, 2.45) is 0 Å². The van der Waals surface area contributed by atoms with E-state index in [0.717, 1.165) is 24.3 Å². The Morgan fingerprint density at radius 2 is 2.12 bits per heavy atom. The molecular formula is C17H20N4O3S. The van der Waals surface area contributed by atoms with Crippen LogP contribution in [-0.4, -0.2) is 42.3 Å². The van der Waals surface area contributed by atoms with E-state index in [9.17, 15) is 9.59 Å². The number of anilines is 1. The van der Waals surface area contributed by atoms with Gasteiger partial charge >= 0.3 is 0 Å². The van der Waals surface area contributed by atoms with Crippen LogP contribution in [0.2, 0.25) is 0 Å². The van der Waals surface area contributed by atoms with Crippen LogP contribution in [0, 0.1) is 0 Å². The molecule has 25 heavy (non-hydrogen) atoms. The number of carbonyl (C=O) groups excluding carboxylic acids is 2. The van der Waals surface area contributed by atoms with Crippen molar-refractivity contribution in [2.75, 3.05) is 25.6 Å². The molecule has 132 valence electrons. The van der Waals surface area contributed by atoms with Crippen molar-refractivity contribution in [1.29, 1.82) is 0 Å². The summed E-state index contributed by atoms with van der Waals surface area (Å²) in [6, 6.07) is 6.82. The normalized spacial score (nSPS) is 13.5. The smallest absolute Gasteiger partial charge is 0.286 e. The van der Waals surface area contributed by atoms with E-state index in [1.54, 1.807) is 31.4 Å². The van der Waals surface area contributed by atoms with Crippen molar-refractivity contribution in [3.63, 3.8) is 0 Å². The van der Waals surface area contributed by atoms with Gasteiger partial charge in [-0.2, -0.15) is 0 Å². The van der Waals surface area contributed by atoms with E-state index in [4.69, 9.17) is 4.74 Å². The highest BCUT2D eigenvalue weighted by molar-refractivity contribution is 7.13. The first-order chi connectivity index (χ1) is 12.2. The molecule has 1 fully saturated rings. The summed E-state index contributed by atoms with van der Waals surface area (Å²) in [4.78, 5) is 24.4. The van der Waals surface area contributed by atoms with E-state index in [1.165, 1.54) is 11.3 Å². The maximum atomic E-state index is 12.3. The van der Waals surface area contributed by atoms with Gasteiger partial charge in [-0.05, 0) is 37.5 Å². The van der Waals surface area contributed by atoms with E-state index < -0.39 is 0 Å². The van der Waals surface area contributed by atoms with Crippen LogP contribution in [0.4, 0.5) is 5.69 Å². The van der Waals surface area contributed by atoms with Crippen LogP contribution in [0.1, 0.15) is 50.3 Å². The van der Waals surface area contributed by atoms with Crippen molar-refractivity contribution < 1.29 is 14.3 Å². The molecule has 1 aromatic carbocycles. The van der Waals surface area contributed by atoms with Crippen molar-refractivity contribution >= 4 is 28.8 Å². The van der Waals surface area contributed by atoms with Crippen molar-refractivity contribution in [3.05, 3.63) is 39.8 Å². The number of hydrogen-bond donors (Lipinski definition) is 2. The Morgan fingerprint density at radius 3 is 2.88 bits per heavy atom. The second kappa shape index (κ2) is 8.17. The molecule has 1 heterocycles. The number of rotatable bonds is 8. The Morgan fingerprint density at radius 1 is 1.28 bits per heavy atom. The molecule has 2 amide bonds. The third kappa shape index (κ3) is 4.83. The van der Waals surface area contributed by atoms with Crippen LogP contribution < -0.4 is 10.6 Å². The maximum absolute atomic E-state index is 12.3.